The number of aliphatic hydroxyl groups excluding tert-OH is 1. The van der Waals surface area contributed by atoms with Crippen LogP contribution in [0, 0.1) is 5.41 Å². The van der Waals surface area contributed by atoms with Crippen molar-refractivity contribution < 1.29 is 5.11 Å². The molecule has 0 aromatic rings. The van der Waals surface area contributed by atoms with Crippen LogP contribution in [0.2, 0.25) is 0 Å². The quantitative estimate of drug-likeness (QED) is 0.309. The van der Waals surface area contributed by atoms with Crippen LogP contribution < -0.4 is 5.73 Å². The molecule has 4 nitrogen and oxygen atoms in total. The molecule has 0 aromatic carbocycles. The van der Waals surface area contributed by atoms with Gasteiger partial charge >= 0.3 is 0 Å². The molecule has 0 fully saturated rings. The van der Waals surface area contributed by atoms with Gasteiger partial charge in [-0.1, -0.05) is 0 Å². The number of amidine groups is 1. The van der Waals surface area contributed by atoms with Crippen molar-refractivity contribution in [3.63, 3.8) is 0 Å². The fraction of sp³-hybridized carbons (Fsp3) is 0.900. The molecule has 4 N–H and O–H groups in total. The maximum atomic E-state index is 8.83. The summed E-state index contributed by atoms with van der Waals surface area (Å²) in [6.07, 6.45) is 2.69. The van der Waals surface area contributed by atoms with E-state index >= 15 is 0 Å². The van der Waals surface area contributed by atoms with E-state index in [1.807, 2.05) is 0 Å². The van der Waals surface area contributed by atoms with Crippen LogP contribution >= 0.6 is 0 Å². The molecule has 0 bridgehead atoms. The van der Waals surface area contributed by atoms with Gasteiger partial charge in [-0.15, -0.1) is 0 Å². The zero-order valence-electron chi connectivity index (χ0n) is 9.29. The second-order valence-electron chi connectivity index (χ2n) is 3.84. The predicted molar refractivity (Wildman–Crippen MR) is 59.6 cm³/mol. The molecule has 0 saturated carbocycles. The number of nitrogens with one attached hydrogen (secondary N) is 1. The van der Waals surface area contributed by atoms with E-state index in [1.165, 1.54) is 0 Å². The normalized spacial score (nSPS) is 11.2. The third kappa shape index (κ3) is 6.86. The van der Waals surface area contributed by atoms with E-state index in [9.17, 15) is 0 Å². The molecule has 0 aromatic heterocycles. The molecule has 0 radical (unpaired) electrons. The summed E-state index contributed by atoms with van der Waals surface area (Å²) < 4.78 is 0. The number of nitrogens with two attached hydrogens (primary N) is 1. The van der Waals surface area contributed by atoms with E-state index in [4.69, 9.17) is 16.2 Å². The zero-order valence-corrected chi connectivity index (χ0v) is 9.29. The lowest BCUT2D eigenvalue weighted by Gasteiger charge is -2.25. The summed E-state index contributed by atoms with van der Waals surface area (Å²) in [7, 11) is 0. The van der Waals surface area contributed by atoms with Gasteiger partial charge in [-0.2, -0.15) is 0 Å². The number of unbranched alkanes of at least 4 members (excludes halogenated alkanes) is 1. The zero-order chi connectivity index (χ0) is 11.0. The molecule has 84 valence electrons. The van der Waals surface area contributed by atoms with Gasteiger partial charge in [0.05, 0.1) is 12.4 Å². The van der Waals surface area contributed by atoms with Crippen LogP contribution in [-0.2, 0) is 0 Å². The highest BCUT2D eigenvalue weighted by molar-refractivity contribution is 5.76. The summed E-state index contributed by atoms with van der Waals surface area (Å²) >= 11 is 0. The molecule has 0 atom stereocenters. The molecule has 0 unspecified atom stereocenters. The average Bonchev–Trinajstić information content (AvgIpc) is 2.09. The van der Waals surface area contributed by atoms with Gasteiger partial charge in [-0.25, -0.2) is 0 Å². The Hall–Kier alpha value is -0.610. The maximum absolute atomic E-state index is 8.83. The summed E-state index contributed by atoms with van der Waals surface area (Å²) in [5.41, 5.74) is 5.26. The topological polar surface area (TPSA) is 73.3 Å². The van der Waals surface area contributed by atoms with Crippen LogP contribution in [0.5, 0.6) is 0 Å². The summed E-state index contributed by atoms with van der Waals surface area (Å²) in [6, 6.07) is 0.472. The fourth-order valence-electron chi connectivity index (χ4n) is 1.39. The van der Waals surface area contributed by atoms with Crippen molar-refractivity contribution in [2.45, 2.75) is 39.2 Å². The molecule has 0 aliphatic carbocycles. The van der Waals surface area contributed by atoms with Crippen molar-refractivity contribution >= 4 is 5.84 Å². The minimum absolute atomic E-state index is 0.213. The molecule has 0 amide bonds. The van der Waals surface area contributed by atoms with Gasteiger partial charge < -0.3 is 10.8 Å². The highest BCUT2D eigenvalue weighted by Crippen LogP contribution is 2.02. The smallest absolute Gasteiger partial charge is 0.0905 e. The van der Waals surface area contributed by atoms with Gasteiger partial charge in [-0.3, -0.25) is 10.3 Å². The van der Waals surface area contributed by atoms with Gasteiger partial charge in [0.2, 0.25) is 0 Å². The summed E-state index contributed by atoms with van der Waals surface area (Å²) in [5, 5.41) is 15.9. The molecule has 0 aliphatic rings. The first-order valence-electron chi connectivity index (χ1n) is 5.25. The van der Waals surface area contributed by atoms with Gasteiger partial charge in [-0.05, 0) is 33.2 Å². The van der Waals surface area contributed by atoms with Gasteiger partial charge in [0, 0.05) is 19.0 Å². The Balaban J connectivity index is 3.55. The molecule has 0 rings (SSSR count). The van der Waals surface area contributed by atoms with Crippen LogP contribution in [0.3, 0.4) is 0 Å². The highest BCUT2D eigenvalue weighted by atomic mass is 16.3. The molecule has 0 aliphatic heterocycles. The van der Waals surface area contributed by atoms with Gasteiger partial charge in [0.25, 0.3) is 0 Å². The van der Waals surface area contributed by atoms with Gasteiger partial charge in [0.15, 0.2) is 0 Å². The van der Waals surface area contributed by atoms with Gasteiger partial charge in [0.1, 0.15) is 0 Å². The number of hydrogen-bond donors (Lipinski definition) is 3. The molecule has 4 heteroatoms. The second kappa shape index (κ2) is 7.76. The number of hydrogen-bond acceptors (Lipinski definition) is 3. The van der Waals surface area contributed by atoms with E-state index in [1.54, 1.807) is 0 Å². The number of rotatable bonds is 8. The van der Waals surface area contributed by atoms with Crippen molar-refractivity contribution in [2.24, 2.45) is 5.73 Å². The lowest BCUT2D eigenvalue weighted by molar-refractivity contribution is 0.164. The molecule has 0 saturated heterocycles. The Labute approximate surface area is 86.6 Å². The Kier molecular flexibility index (Phi) is 7.42. The maximum Gasteiger partial charge on any atom is 0.0905 e. The van der Waals surface area contributed by atoms with E-state index in [0.29, 0.717) is 12.5 Å². The lowest BCUT2D eigenvalue weighted by Crippen LogP contribution is -2.34. The SMILES string of the molecule is CC(C)N(CCO)CCCCC(=N)N. The summed E-state index contributed by atoms with van der Waals surface area (Å²) in [4.78, 5) is 2.24. The van der Waals surface area contributed by atoms with E-state index in [2.05, 4.69) is 18.7 Å². The number of nitrogens with zero attached hydrogens (tertiary/aromatic N) is 1. The van der Waals surface area contributed by atoms with E-state index in [-0.39, 0.29) is 12.4 Å². The first kappa shape index (κ1) is 13.4. The van der Waals surface area contributed by atoms with Crippen molar-refractivity contribution in [1.82, 2.24) is 4.90 Å². The summed E-state index contributed by atoms with van der Waals surface area (Å²) in [5.74, 6) is 0.267. The van der Waals surface area contributed by atoms with Crippen LogP contribution in [0.25, 0.3) is 0 Å². The molecule has 0 spiro atoms. The van der Waals surface area contributed by atoms with Crippen molar-refractivity contribution in [1.29, 1.82) is 5.41 Å². The third-order valence-corrected chi connectivity index (χ3v) is 2.26. The van der Waals surface area contributed by atoms with Crippen LogP contribution in [0.15, 0.2) is 0 Å². The first-order valence-corrected chi connectivity index (χ1v) is 5.25. The third-order valence-electron chi connectivity index (χ3n) is 2.26. The predicted octanol–water partition coefficient (Wildman–Crippen LogP) is 0.795. The fourth-order valence-corrected chi connectivity index (χ4v) is 1.39. The van der Waals surface area contributed by atoms with E-state index in [0.717, 1.165) is 25.9 Å². The monoisotopic (exact) mass is 201 g/mol. The molecule has 0 heterocycles. The summed E-state index contributed by atoms with van der Waals surface area (Å²) in [6.45, 7) is 6.18. The highest BCUT2D eigenvalue weighted by Gasteiger charge is 2.07. The van der Waals surface area contributed by atoms with Crippen LogP contribution in [0.4, 0.5) is 0 Å². The first-order chi connectivity index (χ1) is 6.57. The van der Waals surface area contributed by atoms with Crippen LogP contribution in [-0.4, -0.2) is 41.6 Å². The minimum Gasteiger partial charge on any atom is -0.395 e. The lowest BCUT2D eigenvalue weighted by atomic mass is 10.2. The molecular weight excluding hydrogens is 178 g/mol. The molecular formula is C10H23N3O. The Morgan fingerprint density at radius 3 is 2.43 bits per heavy atom. The van der Waals surface area contributed by atoms with Crippen molar-refractivity contribution in [3.05, 3.63) is 0 Å². The average molecular weight is 201 g/mol. The van der Waals surface area contributed by atoms with Crippen molar-refractivity contribution in [2.75, 3.05) is 19.7 Å². The standard InChI is InChI=1S/C10H23N3O/c1-9(2)13(7-8-14)6-4-3-5-10(11)12/h9,14H,3-8H2,1-2H3,(H3,11,12). The van der Waals surface area contributed by atoms with Crippen molar-refractivity contribution in [3.8, 4) is 0 Å². The number of aliphatic hydroxyl groups is 1. The Morgan fingerprint density at radius 2 is 2.00 bits per heavy atom. The minimum atomic E-state index is 0.213. The second-order valence-corrected chi connectivity index (χ2v) is 3.84. The molecule has 14 heavy (non-hydrogen) atoms. The largest absolute Gasteiger partial charge is 0.395 e. The van der Waals surface area contributed by atoms with Crippen LogP contribution in [0.1, 0.15) is 33.1 Å². The Bertz CT molecular complexity index is 159. The van der Waals surface area contributed by atoms with E-state index < -0.39 is 0 Å². The Morgan fingerprint density at radius 1 is 1.36 bits per heavy atom.